The summed E-state index contributed by atoms with van der Waals surface area (Å²) in [6.07, 6.45) is 3.27. The number of amides is 3. The third-order valence-corrected chi connectivity index (χ3v) is 4.62. The predicted molar refractivity (Wildman–Crippen MR) is 120 cm³/mol. The number of aliphatic imine (C=N–C) groups is 1. The summed E-state index contributed by atoms with van der Waals surface area (Å²) in [6, 6.07) is -3.28. The fourth-order valence-corrected chi connectivity index (χ4v) is 2.89. The van der Waals surface area contributed by atoms with E-state index in [1.54, 1.807) is 13.8 Å². The number of imidazole rings is 1. The van der Waals surface area contributed by atoms with Gasteiger partial charge >= 0.3 is 5.97 Å². The van der Waals surface area contributed by atoms with Gasteiger partial charge in [-0.1, -0.05) is 13.8 Å². The Balaban J connectivity index is 2.96. The maximum atomic E-state index is 12.9. The van der Waals surface area contributed by atoms with Gasteiger partial charge in [0, 0.05) is 24.9 Å². The molecule has 1 rings (SSSR count). The number of nitrogens with zero attached hydrogens (tertiary/aromatic N) is 2. The fourth-order valence-electron chi connectivity index (χ4n) is 2.89. The quantitative estimate of drug-likeness (QED) is 0.0796. The number of aromatic nitrogens is 2. The number of nitrogens with one attached hydrogen (secondary N) is 4. The maximum absolute atomic E-state index is 12.9. The number of hydrogen-bond donors (Lipinski definition) is 8. The molecule has 184 valence electrons. The smallest absolute Gasteiger partial charge is 0.326 e. The van der Waals surface area contributed by atoms with Crippen LogP contribution in [0, 0.1) is 5.92 Å². The highest BCUT2D eigenvalue weighted by atomic mass is 16.4. The topological polar surface area (TPSA) is 244 Å². The Morgan fingerprint density at radius 3 is 2.30 bits per heavy atom. The van der Waals surface area contributed by atoms with Crippen molar-refractivity contribution in [2.45, 2.75) is 51.2 Å². The van der Waals surface area contributed by atoms with E-state index in [9.17, 15) is 24.3 Å². The molecule has 0 spiro atoms. The Hall–Kier alpha value is -3.68. The van der Waals surface area contributed by atoms with Crippen LogP contribution in [0.3, 0.4) is 0 Å². The van der Waals surface area contributed by atoms with Crippen LogP contribution in [0.1, 0.15) is 32.4 Å². The van der Waals surface area contributed by atoms with Crippen molar-refractivity contribution >= 4 is 29.7 Å². The largest absolute Gasteiger partial charge is 0.480 e. The number of aromatic amines is 1. The SMILES string of the molecule is CC(C)C(NC(=O)CN)C(=O)NC(CCCN=C(N)N)C(=O)NC(Cc1cnc[nH]1)C(=O)O. The molecule has 0 aromatic carbocycles. The number of nitrogens with two attached hydrogens (primary N) is 3. The normalized spacial score (nSPS) is 13.5. The van der Waals surface area contributed by atoms with Crippen LogP contribution in [0.5, 0.6) is 0 Å². The summed E-state index contributed by atoms with van der Waals surface area (Å²) < 4.78 is 0. The lowest BCUT2D eigenvalue weighted by molar-refractivity contribution is -0.142. The molecule has 14 heteroatoms. The van der Waals surface area contributed by atoms with Crippen LogP contribution in [-0.2, 0) is 25.6 Å². The summed E-state index contributed by atoms with van der Waals surface area (Å²) in [6.45, 7) is 3.35. The zero-order chi connectivity index (χ0) is 25.0. The molecule has 0 bridgehead atoms. The van der Waals surface area contributed by atoms with Gasteiger partial charge in [0.1, 0.15) is 18.1 Å². The van der Waals surface area contributed by atoms with Crippen molar-refractivity contribution in [3.05, 3.63) is 18.2 Å². The van der Waals surface area contributed by atoms with Gasteiger partial charge in [-0.05, 0) is 18.8 Å². The first kappa shape index (κ1) is 27.4. The number of carboxylic acid groups (broad SMARTS) is 1. The number of H-pyrrole nitrogens is 1. The van der Waals surface area contributed by atoms with Crippen LogP contribution < -0.4 is 33.2 Å². The van der Waals surface area contributed by atoms with Gasteiger partial charge in [0.05, 0.1) is 12.9 Å². The lowest BCUT2D eigenvalue weighted by Crippen LogP contribution is -2.57. The van der Waals surface area contributed by atoms with E-state index in [2.05, 4.69) is 30.9 Å². The third kappa shape index (κ3) is 9.99. The summed E-state index contributed by atoms with van der Waals surface area (Å²) in [5.41, 5.74) is 16.4. The number of rotatable bonds is 14. The van der Waals surface area contributed by atoms with Crippen molar-refractivity contribution in [2.75, 3.05) is 13.1 Å². The van der Waals surface area contributed by atoms with Crippen molar-refractivity contribution in [1.82, 2.24) is 25.9 Å². The first-order chi connectivity index (χ1) is 15.5. The Morgan fingerprint density at radius 2 is 1.79 bits per heavy atom. The lowest BCUT2D eigenvalue weighted by Gasteiger charge is -2.26. The molecule has 0 saturated carbocycles. The summed E-state index contributed by atoms with van der Waals surface area (Å²) in [5.74, 6) is -3.49. The molecule has 0 saturated heterocycles. The van der Waals surface area contributed by atoms with Gasteiger partial charge in [0.15, 0.2) is 5.96 Å². The summed E-state index contributed by atoms with van der Waals surface area (Å²) >= 11 is 0. The van der Waals surface area contributed by atoms with Crippen molar-refractivity contribution in [1.29, 1.82) is 0 Å². The Bertz CT molecular complexity index is 822. The summed E-state index contributed by atoms with van der Waals surface area (Å²) in [7, 11) is 0. The molecule has 11 N–H and O–H groups in total. The van der Waals surface area contributed by atoms with E-state index in [0.717, 1.165) is 0 Å². The van der Waals surface area contributed by atoms with Crippen molar-refractivity contribution in [3.63, 3.8) is 0 Å². The van der Waals surface area contributed by atoms with Gasteiger partial charge in [-0.25, -0.2) is 9.78 Å². The summed E-state index contributed by atoms with van der Waals surface area (Å²) in [5, 5.41) is 17.0. The second-order valence-corrected chi connectivity index (χ2v) is 7.68. The molecule has 33 heavy (non-hydrogen) atoms. The maximum Gasteiger partial charge on any atom is 0.326 e. The monoisotopic (exact) mass is 467 g/mol. The van der Waals surface area contributed by atoms with Crippen LogP contribution in [0.15, 0.2) is 17.5 Å². The minimum Gasteiger partial charge on any atom is -0.480 e. The van der Waals surface area contributed by atoms with Gasteiger partial charge in [-0.3, -0.25) is 19.4 Å². The highest BCUT2D eigenvalue weighted by Gasteiger charge is 2.30. The van der Waals surface area contributed by atoms with Crippen LogP contribution in [-0.4, -0.2) is 75.9 Å². The van der Waals surface area contributed by atoms with Crippen LogP contribution in [0.4, 0.5) is 0 Å². The second kappa shape index (κ2) is 13.7. The van der Waals surface area contributed by atoms with Crippen molar-refractivity contribution < 1.29 is 24.3 Å². The van der Waals surface area contributed by atoms with E-state index < -0.39 is 41.8 Å². The number of carboxylic acids is 1. The molecule has 3 atom stereocenters. The minimum absolute atomic E-state index is 0.0308. The van der Waals surface area contributed by atoms with Gasteiger partial charge in [-0.15, -0.1) is 0 Å². The Kier molecular flexibility index (Phi) is 11.3. The number of hydrogen-bond acceptors (Lipinski definition) is 7. The molecule has 0 aliphatic rings. The van der Waals surface area contributed by atoms with Crippen molar-refractivity contribution in [2.24, 2.45) is 28.1 Å². The van der Waals surface area contributed by atoms with E-state index in [0.29, 0.717) is 12.1 Å². The Morgan fingerprint density at radius 1 is 1.12 bits per heavy atom. The molecule has 0 fully saturated rings. The van der Waals surface area contributed by atoms with Gasteiger partial charge in [0.25, 0.3) is 0 Å². The lowest BCUT2D eigenvalue weighted by atomic mass is 10.0. The summed E-state index contributed by atoms with van der Waals surface area (Å²) in [4.78, 5) is 59.5. The first-order valence-corrected chi connectivity index (χ1v) is 10.4. The molecule has 3 amide bonds. The second-order valence-electron chi connectivity index (χ2n) is 7.68. The van der Waals surface area contributed by atoms with E-state index in [-0.39, 0.29) is 37.8 Å². The molecule has 14 nitrogen and oxygen atoms in total. The zero-order valence-corrected chi connectivity index (χ0v) is 18.7. The van der Waals surface area contributed by atoms with Gasteiger partial charge in [0.2, 0.25) is 17.7 Å². The zero-order valence-electron chi connectivity index (χ0n) is 18.7. The van der Waals surface area contributed by atoms with E-state index in [1.165, 1.54) is 12.5 Å². The minimum atomic E-state index is -1.26. The molecule has 0 aliphatic heterocycles. The number of carbonyl (C=O) groups is 4. The number of carbonyl (C=O) groups excluding carboxylic acids is 3. The van der Waals surface area contributed by atoms with Crippen LogP contribution in [0.25, 0.3) is 0 Å². The van der Waals surface area contributed by atoms with Crippen molar-refractivity contribution in [3.8, 4) is 0 Å². The third-order valence-electron chi connectivity index (χ3n) is 4.62. The molecule has 0 radical (unpaired) electrons. The van der Waals surface area contributed by atoms with Crippen LogP contribution in [0.2, 0.25) is 0 Å². The molecule has 1 aromatic heterocycles. The van der Waals surface area contributed by atoms with Crippen LogP contribution >= 0.6 is 0 Å². The average Bonchev–Trinajstić information content (AvgIpc) is 3.25. The highest BCUT2D eigenvalue weighted by Crippen LogP contribution is 2.07. The molecule has 3 unspecified atom stereocenters. The molecule has 1 aromatic rings. The average molecular weight is 468 g/mol. The molecular formula is C19H33N9O5. The molecule has 0 aliphatic carbocycles. The predicted octanol–water partition coefficient (Wildman–Crippen LogP) is -2.84. The number of aliphatic carboxylic acids is 1. The first-order valence-electron chi connectivity index (χ1n) is 10.4. The molecular weight excluding hydrogens is 434 g/mol. The highest BCUT2D eigenvalue weighted by molar-refractivity contribution is 5.93. The van der Waals surface area contributed by atoms with E-state index >= 15 is 0 Å². The molecule has 1 heterocycles. The van der Waals surface area contributed by atoms with Gasteiger partial charge < -0.3 is 43.2 Å². The van der Waals surface area contributed by atoms with E-state index in [4.69, 9.17) is 17.2 Å². The van der Waals surface area contributed by atoms with E-state index in [1.807, 2.05) is 0 Å². The standard InChI is InChI=1S/C19H33N9O5/c1-10(2)15(28-14(29)7-20)17(31)26-12(4-3-5-24-19(21)22)16(30)27-13(18(32)33)6-11-8-23-9-25-11/h8-10,12-13,15H,3-7,20H2,1-2H3,(H,23,25)(H,26,31)(H,27,30)(H,28,29)(H,32,33)(H4,21,22,24). The Labute approximate surface area is 191 Å². The fraction of sp³-hybridized carbons (Fsp3) is 0.579. The van der Waals surface area contributed by atoms with Gasteiger partial charge in [-0.2, -0.15) is 0 Å². The number of guanidine groups is 1.